The molecule has 4 heteroatoms. The molecule has 0 saturated carbocycles. The predicted octanol–water partition coefficient (Wildman–Crippen LogP) is 3.06. The van der Waals surface area contributed by atoms with E-state index in [1.54, 1.807) is 7.11 Å². The van der Waals surface area contributed by atoms with Crippen LogP contribution in [0.1, 0.15) is 24.9 Å². The number of benzene rings is 1. The van der Waals surface area contributed by atoms with E-state index >= 15 is 0 Å². The third-order valence-corrected chi connectivity index (χ3v) is 4.57. The molecule has 2 atom stereocenters. The van der Waals surface area contributed by atoms with E-state index in [0.29, 0.717) is 12.0 Å². The van der Waals surface area contributed by atoms with Crippen LogP contribution < -0.4 is 10.1 Å². The summed E-state index contributed by atoms with van der Waals surface area (Å²) in [5, 5.41) is 3.48. The van der Waals surface area contributed by atoms with Gasteiger partial charge in [0, 0.05) is 6.04 Å². The molecule has 0 radical (unpaired) electrons. The average Bonchev–Trinajstić information content (AvgIpc) is 2.77. The molecular formula is C15H23BrN2O. The lowest BCUT2D eigenvalue weighted by atomic mass is 9.93. The molecule has 1 aliphatic heterocycles. The molecule has 106 valence electrons. The molecule has 1 aliphatic rings. The van der Waals surface area contributed by atoms with E-state index in [1.165, 1.54) is 18.5 Å². The molecule has 1 aromatic carbocycles. The van der Waals surface area contributed by atoms with Crippen molar-refractivity contribution < 1.29 is 4.74 Å². The van der Waals surface area contributed by atoms with E-state index in [-0.39, 0.29) is 0 Å². The highest BCUT2D eigenvalue weighted by Crippen LogP contribution is 2.38. The van der Waals surface area contributed by atoms with Crippen molar-refractivity contribution >= 4 is 15.9 Å². The molecular weight excluding hydrogens is 304 g/mol. The molecule has 0 spiro atoms. The maximum atomic E-state index is 5.31. The van der Waals surface area contributed by atoms with Crippen LogP contribution in [0.4, 0.5) is 0 Å². The van der Waals surface area contributed by atoms with Crippen molar-refractivity contribution in [2.45, 2.75) is 19.4 Å². The molecule has 1 saturated heterocycles. The van der Waals surface area contributed by atoms with E-state index in [1.807, 2.05) is 0 Å². The van der Waals surface area contributed by atoms with Crippen LogP contribution in [-0.2, 0) is 0 Å². The van der Waals surface area contributed by atoms with Crippen LogP contribution in [0, 0.1) is 5.92 Å². The molecule has 1 heterocycles. The number of hydrogen-bond acceptors (Lipinski definition) is 3. The lowest BCUT2D eigenvalue weighted by molar-refractivity contribution is 0.272. The van der Waals surface area contributed by atoms with Crippen LogP contribution in [-0.4, -0.2) is 38.7 Å². The Kier molecular flexibility index (Phi) is 5.25. The number of halogens is 1. The van der Waals surface area contributed by atoms with Gasteiger partial charge in [-0.15, -0.1) is 0 Å². The zero-order valence-electron chi connectivity index (χ0n) is 11.9. The lowest BCUT2D eigenvalue weighted by Crippen LogP contribution is -2.28. The normalized spacial score (nSPS) is 23.8. The van der Waals surface area contributed by atoms with Crippen molar-refractivity contribution in [3.63, 3.8) is 0 Å². The summed E-state index contributed by atoms with van der Waals surface area (Å²) in [6.07, 6.45) is 1.26. The first kappa shape index (κ1) is 14.8. The van der Waals surface area contributed by atoms with Crippen LogP contribution in [0.25, 0.3) is 0 Å². The predicted molar refractivity (Wildman–Crippen MR) is 82.7 cm³/mol. The molecule has 0 aromatic heterocycles. The Morgan fingerprint density at radius 2 is 2.26 bits per heavy atom. The molecule has 0 bridgehead atoms. The van der Waals surface area contributed by atoms with Crippen molar-refractivity contribution in [1.29, 1.82) is 0 Å². The summed E-state index contributed by atoms with van der Waals surface area (Å²) in [4.78, 5) is 2.45. The highest BCUT2D eigenvalue weighted by molar-refractivity contribution is 9.10. The zero-order valence-corrected chi connectivity index (χ0v) is 13.5. The number of nitrogens with one attached hydrogen (secondary N) is 1. The third kappa shape index (κ3) is 3.30. The van der Waals surface area contributed by atoms with Crippen molar-refractivity contribution in [3.8, 4) is 5.75 Å². The molecule has 3 nitrogen and oxygen atoms in total. The SMILES string of the molecule is CCNCC1CCN(C)C1c1ccc(OC)c(Br)c1. The Hall–Kier alpha value is -0.580. The number of hydrogen-bond donors (Lipinski definition) is 1. The maximum absolute atomic E-state index is 5.31. The minimum atomic E-state index is 0.501. The van der Waals surface area contributed by atoms with Crippen molar-refractivity contribution in [1.82, 2.24) is 10.2 Å². The third-order valence-electron chi connectivity index (χ3n) is 3.95. The van der Waals surface area contributed by atoms with Gasteiger partial charge in [-0.05, 0) is 72.6 Å². The van der Waals surface area contributed by atoms with Crippen molar-refractivity contribution in [2.75, 3.05) is 33.8 Å². The van der Waals surface area contributed by atoms with Crippen LogP contribution in [0.3, 0.4) is 0 Å². The molecule has 1 N–H and O–H groups in total. The highest BCUT2D eigenvalue weighted by atomic mass is 79.9. The van der Waals surface area contributed by atoms with E-state index in [0.717, 1.165) is 23.3 Å². The number of rotatable bonds is 5. The standard InChI is InChI=1S/C15H23BrN2O/c1-4-17-10-12-7-8-18(2)15(12)11-5-6-14(19-3)13(16)9-11/h5-6,9,12,15,17H,4,7-8,10H2,1-3H3. The van der Waals surface area contributed by atoms with Crippen LogP contribution >= 0.6 is 15.9 Å². The van der Waals surface area contributed by atoms with Gasteiger partial charge in [-0.25, -0.2) is 0 Å². The second-order valence-electron chi connectivity index (χ2n) is 5.18. The van der Waals surface area contributed by atoms with Crippen LogP contribution in [0.15, 0.2) is 22.7 Å². The first-order chi connectivity index (χ1) is 9.17. The van der Waals surface area contributed by atoms with Gasteiger partial charge in [-0.1, -0.05) is 13.0 Å². The van der Waals surface area contributed by atoms with E-state index in [2.05, 4.69) is 58.3 Å². The quantitative estimate of drug-likeness (QED) is 0.900. The first-order valence-electron chi connectivity index (χ1n) is 6.91. The summed E-state index contributed by atoms with van der Waals surface area (Å²) in [6, 6.07) is 6.94. The average molecular weight is 327 g/mol. The second-order valence-corrected chi connectivity index (χ2v) is 6.03. The van der Waals surface area contributed by atoms with E-state index < -0.39 is 0 Å². The summed E-state index contributed by atoms with van der Waals surface area (Å²) < 4.78 is 6.35. The smallest absolute Gasteiger partial charge is 0.133 e. The number of ether oxygens (including phenoxy) is 1. The van der Waals surface area contributed by atoms with Gasteiger partial charge in [0.2, 0.25) is 0 Å². The van der Waals surface area contributed by atoms with Gasteiger partial charge in [-0.3, -0.25) is 4.90 Å². The lowest BCUT2D eigenvalue weighted by Gasteiger charge is -2.26. The van der Waals surface area contributed by atoms with Gasteiger partial charge in [0.25, 0.3) is 0 Å². The first-order valence-corrected chi connectivity index (χ1v) is 7.71. The fourth-order valence-corrected chi connectivity index (χ4v) is 3.52. The maximum Gasteiger partial charge on any atom is 0.133 e. The fourth-order valence-electron chi connectivity index (χ4n) is 2.96. The molecule has 0 amide bonds. The van der Waals surface area contributed by atoms with Crippen LogP contribution in [0.2, 0.25) is 0 Å². The molecule has 19 heavy (non-hydrogen) atoms. The van der Waals surface area contributed by atoms with E-state index in [4.69, 9.17) is 4.74 Å². The minimum absolute atomic E-state index is 0.501. The molecule has 2 rings (SSSR count). The van der Waals surface area contributed by atoms with Crippen molar-refractivity contribution in [2.24, 2.45) is 5.92 Å². The van der Waals surface area contributed by atoms with Crippen molar-refractivity contribution in [3.05, 3.63) is 28.2 Å². The minimum Gasteiger partial charge on any atom is -0.496 e. The Morgan fingerprint density at radius 3 is 2.89 bits per heavy atom. The van der Waals surface area contributed by atoms with Gasteiger partial charge in [-0.2, -0.15) is 0 Å². The van der Waals surface area contributed by atoms with Gasteiger partial charge in [0.05, 0.1) is 11.6 Å². The molecule has 1 fully saturated rings. The summed E-state index contributed by atoms with van der Waals surface area (Å²) in [6.45, 7) is 5.47. The van der Waals surface area contributed by atoms with Gasteiger partial charge < -0.3 is 10.1 Å². The number of methoxy groups -OCH3 is 1. The fraction of sp³-hybridized carbons (Fsp3) is 0.600. The van der Waals surface area contributed by atoms with E-state index in [9.17, 15) is 0 Å². The molecule has 2 unspecified atom stereocenters. The highest BCUT2D eigenvalue weighted by Gasteiger charge is 2.32. The summed E-state index contributed by atoms with van der Waals surface area (Å²) in [7, 11) is 3.92. The summed E-state index contributed by atoms with van der Waals surface area (Å²) in [5.74, 6) is 1.58. The van der Waals surface area contributed by atoms with Gasteiger partial charge in [0.15, 0.2) is 0 Å². The zero-order chi connectivity index (χ0) is 13.8. The summed E-state index contributed by atoms with van der Waals surface area (Å²) >= 11 is 3.59. The monoisotopic (exact) mass is 326 g/mol. The molecule has 1 aromatic rings. The number of likely N-dealkylation sites (tertiary alicyclic amines) is 1. The summed E-state index contributed by atoms with van der Waals surface area (Å²) in [5.41, 5.74) is 1.37. The van der Waals surface area contributed by atoms with Gasteiger partial charge >= 0.3 is 0 Å². The Bertz CT molecular complexity index is 425. The largest absolute Gasteiger partial charge is 0.496 e. The Labute approximate surface area is 124 Å². The second kappa shape index (κ2) is 6.73. The van der Waals surface area contributed by atoms with Gasteiger partial charge in [0.1, 0.15) is 5.75 Å². The topological polar surface area (TPSA) is 24.5 Å². The Morgan fingerprint density at radius 1 is 1.47 bits per heavy atom. The Balaban J connectivity index is 2.19. The number of nitrogens with zero attached hydrogens (tertiary/aromatic N) is 1. The molecule has 0 aliphatic carbocycles. The van der Waals surface area contributed by atoms with Crippen LogP contribution in [0.5, 0.6) is 5.75 Å².